The molecule has 1 unspecified atom stereocenters. The second-order valence-electron chi connectivity index (χ2n) is 5.53. The van der Waals surface area contributed by atoms with Gasteiger partial charge in [0.2, 0.25) is 5.91 Å². The molecule has 0 aliphatic rings. The highest BCUT2D eigenvalue weighted by Gasteiger charge is 2.21. The molecule has 3 rings (SSSR count). The summed E-state index contributed by atoms with van der Waals surface area (Å²) in [4.78, 5) is 22.3. The normalized spacial score (nSPS) is 11.7. The highest BCUT2D eigenvalue weighted by molar-refractivity contribution is 8.00. The Hall–Kier alpha value is -2.66. The number of aryl methyl sites for hydroxylation is 1. The smallest absolute Gasteiger partial charge is 0.238 e. The van der Waals surface area contributed by atoms with E-state index in [9.17, 15) is 4.79 Å². The summed E-state index contributed by atoms with van der Waals surface area (Å²) in [5.74, 6) is 0.668. The van der Waals surface area contributed by atoms with E-state index in [1.807, 2.05) is 73.7 Å². The van der Waals surface area contributed by atoms with E-state index >= 15 is 0 Å². The van der Waals surface area contributed by atoms with E-state index in [1.165, 1.54) is 0 Å². The van der Waals surface area contributed by atoms with E-state index in [1.54, 1.807) is 18.0 Å². The van der Waals surface area contributed by atoms with Gasteiger partial charge in [0.05, 0.1) is 12.2 Å². The summed E-state index contributed by atoms with van der Waals surface area (Å²) in [5, 5.41) is 2.68. The highest BCUT2D eigenvalue weighted by Crippen LogP contribution is 2.35. The minimum absolute atomic E-state index is 0.0312. The molecule has 3 aromatic rings. The van der Waals surface area contributed by atoms with Crippen LogP contribution in [0.25, 0.3) is 0 Å². The first-order chi connectivity index (χ1) is 12.2. The predicted octanol–water partition coefficient (Wildman–Crippen LogP) is 3.93. The second kappa shape index (κ2) is 8.44. The van der Waals surface area contributed by atoms with Gasteiger partial charge in [-0.3, -0.25) is 4.79 Å². The average Bonchev–Trinajstić information content (AvgIpc) is 2.66. The lowest BCUT2D eigenvalue weighted by Gasteiger charge is -2.17. The Balaban J connectivity index is 1.75. The van der Waals surface area contributed by atoms with E-state index in [-0.39, 0.29) is 11.2 Å². The summed E-state index contributed by atoms with van der Waals surface area (Å²) < 4.78 is 0. The molecular weight excluding hydrogens is 330 g/mol. The third-order valence-corrected chi connectivity index (χ3v) is 4.88. The Bertz CT molecular complexity index is 825. The van der Waals surface area contributed by atoms with Crippen molar-refractivity contribution in [3.63, 3.8) is 0 Å². The predicted molar refractivity (Wildman–Crippen MR) is 100 cm³/mol. The molecule has 0 radical (unpaired) electrons. The minimum atomic E-state index is -0.313. The first-order valence-electron chi connectivity index (χ1n) is 8.05. The van der Waals surface area contributed by atoms with Gasteiger partial charge in [-0.2, -0.15) is 0 Å². The molecule has 0 fully saturated rings. The molecule has 0 aliphatic heterocycles. The van der Waals surface area contributed by atoms with Gasteiger partial charge in [-0.1, -0.05) is 48.5 Å². The Morgan fingerprint density at radius 1 is 1.04 bits per heavy atom. The summed E-state index contributed by atoms with van der Waals surface area (Å²) in [6.45, 7) is 2.23. The van der Waals surface area contributed by atoms with Crippen LogP contribution in [0.2, 0.25) is 0 Å². The molecule has 25 heavy (non-hydrogen) atoms. The lowest BCUT2D eigenvalue weighted by Crippen LogP contribution is -2.28. The lowest BCUT2D eigenvalue weighted by molar-refractivity contribution is -0.120. The molecular formula is C20H19N3OS. The maximum absolute atomic E-state index is 12.8. The molecule has 5 heteroatoms. The number of nitrogens with one attached hydrogen (secondary N) is 1. The van der Waals surface area contributed by atoms with Gasteiger partial charge in [0.1, 0.15) is 11.1 Å². The Kier molecular flexibility index (Phi) is 5.80. The van der Waals surface area contributed by atoms with E-state index in [2.05, 4.69) is 15.3 Å². The SMILES string of the molecule is Cc1nccc(CNC(=O)C(Sc2ccccc2)c2ccccc2)n1. The van der Waals surface area contributed by atoms with Gasteiger partial charge in [-0.15, -0.1) is 11.8 Å². The Morgan fingerprint density at radius 2 is 1.72 bits per heavy atom. The van der Waals surface area contributed by atoms with Gasteiger partial charge in [0, 0.05) is 11.1 Å². The van der Waals surface area contributed by atoms with Gasteiger partial charge in [0.15, 0.2) is 0 Å². The molecule has 4 nitrogen and oxygen atoms in total. The zero-order valence-corrected chi connectivity index (χ0v) is 14.7. The number of carbonyl (C=O) groups excluding carboxylic acids is 1. The Morgan fingerprint density at radius 3 is 2.40 bits per heavy atom. The standard InChI is InChI=1S/C20H19N3OS/c1-15-21-13-12-17(23-15)14-22-20(24)19(16-8-4-2-5-9-16)25-18-10-6-3-7-11-18/h2-13,19H,14H2,1H3,(H,22,24). The zero-order chi connectivity index (χ0) is 17.5. The van der Waals surface area contributed by atoms with Crippen LogP contribution in [-0.2, 0) is 11.3 Å². The molecule has 0 spiro atoms. The molecule has 1 heterocycles. The van der Waals surface area contributed by atoms with Crippen molar-refractivity contribution in [2.24, 2.45) is 0 Å². The minimum Gasteiger partial charge on any atom is -0.349 e. The van der Waals surface area contributed by atoms with Crippen LogP contribution in [0, 0.1) is 6.92 Å². The number of amides is 1. The van der Waals surface area contributed by atoms with Crippen LogP contribution < -0.4 is 5.32 Å². The molecule has 2 aromatic carbocycles. The molecule has 1 aromatic heterocycles. The fourth-order valence-electron chi connectivity index (χ4n) is 2.41. The molecule has 0 saturated heterocycles. The van der Waals surface area contributed by atoms with Crippen molar-refractivity contribution >= 4 is 17.7 Å². The molecule has 0 aliphatic carbocycles. The fraction of sp³-hybridized carbons (Fsp3) is 0.150. The van der Waals surface area contributed by atoms with Crippen LogP contribution in [0.5, 0.6) is 0 Å². The van der Waals surface area contributed by atoms with Crippen molar-refractivity contribution in [3.8, 4) is 0 Å². The van der Waals surface area contributed by atoms with Gasteiger partial charge in [0.25, 0.3) is 0 Å². The first-order valence-corrected chi connectivity index (χ1v) is 8.93. The number of hydrogen-bond acceptors (Lipinski definition) is 4. The highest BCUT2D eigenvalue weighted by atomic mass is 32.2. The number of rotatable bonds is 6. The second-order valence-corrected chi connectivity index (χ2v) is 6.71. The summed E-state index contributed by atoms with van der Waals surface area (Å²) >= 11 is 1.54. The van der Waals surface area contributed by atoms with Gasteiger partial charge < -0.3 is 5.32 Å². The van der Waals surface area contributed by atoms with E-state index in [4.69, 9.17) is 0 Å². The topological polar surface area (TPSA) is 54.9 Å². The number of carbonyl (C=O) groups is 1. The van der Waals surface area contributed by atoms with Crippen molar-refractivity contribution < 1.29 is 4.79 Å². The van der Waals surface area contributed by atoms with Crippen LogP contribution >= 0.6 is 11.8 Å². The maximum Gasteiger partial charge on any atom is 0.238 e. The first kappa shape index (κ1) is 17.2. The third-order valence-electron chi connectivity index (χ3n) is 3.62. The third kappa shape index (κ3) is 4.90. The summed E-state index contributed by atoms with van der Waals surface area (Å²) in [5.41, 5.74) is 1.78. The quantitative estimate of drug-likeness (QED) is 0.685. The maximum atomic E-state index is 12.8. The number of benzene rings is 2. The molecule has 0 saturated carbocycles. The molecule has 1 atom stereocenters. The average molecular weight is 349 g/mol. The van der Waals surface area contributed by atoms with E-state index in [0.717, 1.165) is 16.2 Å². The number of aromatic nitrogens is 2. The Labute approximate surface area is 151 Å². The molecule has 1 amide bonds. The van der Waals surface area contributed by atoms with Gasteiger partial charge in [-0.25, -0.2) is 9.97 Å². The van der Waals surface area contributed by atoms with Crippen LogP contribution in [-0.4, -0.2) is 15.9 Å². The largest absolute Gasteiger partial charge is 0.349 e. The van der Waals surface area contributed by atoms with E-state index in [0.29, 0.717) is 12.4 Å². The van der Waals surface area contributed by atoms with Crippen molar-refractivity contribution in [2.75, 3.05) is 0 Å². The van der Waals surface area contributed by atoms with E-state index < -0.39 is 0 Å². The number of hydrogen-bond donors (Lipinski definition) is 1. The fourth-order valence-corrected chi connectivity index (χ4v) is 3.48. The van der Waals surface area contributed by atoms with Crippen LogP contribution in [0.1, 0.15) is 22.3 Å². The van der Waals surface area contributed by atoms with Crippen molar-refractivity contribution in [3.05, 3.63) is 90.0 Å². The lowest BCUT2D eigenvalue weighted by atomic mass is 10.1. The number of nitrogens with zero attached hydrogens (tertiary/aromatic N) is 2. The zero-order valence-electron chi connectivity index (χ0n) is 13.9. The van der Waals surface area contributed by atoms with Crippen molar-refractivity contribution in [1.29, 1.82) is 0 Å². The molecule has 126 valence electrons. The van der Waals surface area contributed by atoms with Crippen LogP contribution in [0.4, 0.5) is 0 Å². The number of thioether (sulfide) groups is 1. The van der Waals surface area contributed by atoms with Crippen LogP contribution in [0.15, 0.2) is 77.8 Å². The van der Waals surface area contributed by atoms with Gasteiger partial charge >= 0.3 is 0 Å². The molecule has 0 bridgehead atoms. The van der Waals surface area contributed by atoms with Crippen LogP contribution in [0.3, 0.4) is 0 Å². The molecule has 1 N–H and O–H groups in total. The monoisotopic (exact) mass is 349 g/mol. The van der Waals surface area contributed by atoms with Crippen molar-refractivity contribution in [1.82, 2.24) is 15.3 Å². The summed E-state index contributed by atoms with van der Waals surface area (Å²) in [6, 6.07) is 21.6. The van der Waals surface area contributed by atoms with Gasteiger partial charge in [-0.05, 0) is 30.7 Å². The summed E-state index contributed by atoms with van der Waals surface area (Å²) in [7, 11) is 0. The van der Waals surface area contributed by atoms with Crippen molar-refractivity contribution in [2.45, 2.75) is 23.6 Å². The summed E-state index contributed by atoms with van der Waals surface area (Å²) in [6.07, 6.45) is 1.71.